The van der Waals surface area contributed by atoms with E-state index in [1.54, 1.807) is 10.6 Å². The van der Waals surface area contributed by atoms with E-state index in [2.05, 4.69) is 15.5 Å². The van der Waals surface area contributed by atoms with Crippen molar-refractivity contribution < 1.29 is 13.6 Å². The van der Waals surface area contributed by atoms with Gasteiger partial charge in [0.2, 0.25) is 0 Å². The van der Waals surface area contributed by atoms with Gasteiger partial charge in [-0.3, -0.25) is 14.2 Å². The number of rotatable bonds is 3. The molecule has 0 saturated heterocycles. The third-order valence-corrected chi connectivity index (χ3v) is 4.73. The van der Waals surface area contributed by atoms with Crippen LogP contribution in [0, 0.1) is 11.6 Å². The van der Waals surface area contributed by atoms with Gasteiger partial charge in [0.15, 0.2) is 0 Å². The molecule has 0 spiro atoms. The lowest BCUT2D eigenvalue weighted by Crippen LogP contribution is -2.22. The second kappa shape index (κ2) is 6.95. The highest BCUT2D eigenvalue weighted by molar-refractivity contribution is 6.02. The van der Waals surface area contributed by atoms with Crippen molar-refractivity contribution in [2.45, 2.75) is 26.3 Å². The monoisotopic (exact) mass is 382 g/mol. The normalized spacial score (nSPS) is 13.6. The van der Waals surface area contributed by atoms with Crippen molar-refractivity contribution in [2.75, 3.05) is 0 Å². The summed E-state index contributed by atoms with van der Waals surface area (Å²) in [5.41, 5.74) is 2.55. The number of fused-ring (bicyclic) bond motifs is 2. The number of nitrogens with zero attached hydrogens (tertiary/aromatic N) is 3. The summed E-state index contributed by atoms with van der Waals surface area (Å²) in [7, 11) is 0. The fraction of sp³-hybridized carbons (Fsp3) is 0.200. The van der Waals surface area contributed by atoms with E-state index in [4.69, 9.17) is 0 Å². The van der Waals surface area contributed by atoms with Crippen LogP contribution in [0.4, 0.5) is 8.78 Å². The Balaban J connectivity index is 1.62. The number of benzene rings is 2. The largest absolute Gasteiger partial charge is 0.296 e. The van der Waals surface area contributed by atoms with Crippen molar-refractivity contribution in [3.05, 3.63) is 75.3 Å². The summed E-state index contributed by atoms with van der Waals surface area (Å²) in [6, 6.07) is 8.05. The summed E-state index contributed by atoms with van der Waals surface area (Å²) in [6.45, 7) is 2.05. The number of nitrogens with one attached hydrogen (secondary N) is 1. The number of aryl methyl sites for hydroxylation is 1. The lowest BCUT2D eigenvalue weighted by atomic mass is 10.1. The first-order valence-electron chi connectivity index (χ1n) is 8.78. The van der Waals surface area contributed by atoms with E-state index in [9.17, 15) is 18.4 Å². The maximum absolute atomic E-state index is 13.8. The Bertz CT molecular complexity index is 1180. The Morgan fingerprint density at radius 3 is 2.71 bits per heavy atom. The summed E-state index contributed by atoms with van der Waals surface area (Å²) in [5, 5.41) is 4.24. The molecule has 0 saturated carbocycles. The molecule has 0 unspecified atom stereocenters. The van der Waals surface area contributed by atoms with Gasteiger partial charge in [0.1, 0.15) is 17.5 Å². The van der Waals surface area contributed by atoms with Crippen molar-refractivity contribution in [3.63, 3.8) is 0 Å². The summed E-state index contributed by atoms with van der Waals surface area (Å²) >= 11 is 0. The zero-order chi connectivity index (χ0) is 19.8. The van der Waals surface area contributed by atoms with Crippen molar-refractivity contribution >= 4 is 22.5 Å². The lowest BCUT2D eigenvalue weighted by molar-refractivity contribution is 0.0955. The van der Waals surface area contributed by atoms with Crippen LogP contribution in [0.1, 0.15) is 35.1 Å². The minimum atomic E-state index is -0.764. The average Bonchev–Trinajstić information content (AvgIpc) is 3.14. The van der Waals surface area contributed by atoms with Crippen LogP contribution in [0.3, 0.4) is 0 Å². The summed E-state index contributed by atoms with van der Waals surface area (Å²) in [5.74, 6) is -1.39. The smallest absolute Gasteiger partial charge is 0.271 e. The molecule has 8 heteroatoms. The van der Waals surface area contributed by atoms with E-state index in [1.807, 2.05) is 0 Å². The highest BCUT2D eigenvalue weighted by Gasteiger charge is 2.17. The second-order valence-electron chi connectivity index (χ2n) is 6.56. The Morgan fingerprint density at radius 1 is 1.21 bits per heavy atom. The number of amides is 1. The van der Waals surface area contributed by atoms with Gasteiger partial charge >= 0.3 is 0 Å². The number of hydrazone groups is 1. The Kier molecular flexibility index (Phi) is 4.46. The molecule has 2 aromatic carbocycles. The molecular weight excluding hydrogens is 366 g/mol. The molecule has 6 nitrogen and oxygen atoms in total. The summed E-state index contributed by atoms with van der Waals surface area (Å²) < 4.78 is 29.2. The standard InChI is InChI=1S/C20H16F2N4O2/c1-11(18-14(21)4-2-5-15(18)22)24-25-19(27)12-7-8-13-16(10-12)23-17-6-3-9-26(17)20(13)28/h2,4-5,7-8,10H,3,6,9H2,1H3,(H,25,27)/b24-11-. The van der Waals surface area contributed by atoms with Gasteiger partial charge in [-0.2, -0.15) is 5.10 Å². The molecule has 0 aliphatic carbocycles. The fourth-order valence-electron chi connectivity index (χ4n) is 3.32. The van der Waals surface area contributed by atoms with Gasteiger partial charge in [-0.15, -0.1) is 0 Å². The molecule has 0 radical (unpaired) electrons. The topological polar surface area (TPSA) is 76.3 Å². The van der Waals surface area contributed by atoms with Gasteiger partial charge in [0.25, 0.3) is 11.5 Å². The minimum absolute atomic E-state index is 0.000992. The van der Waals surface area contributed by atoms with Crippen molar-refractivity contribution in [1.82, 2.24) is 15.0 Å². The van der Waals surface area contributed by atoms with Gasteiger partial charge < -0.3 is 0 Å². The number of aromatic nitrogens is 2. The number of halogens is 2. The van der Waals surface area contributed by atoms with E-state index in [0.717, 1.165) is 25.0 Å². The van der Waals surface area contributed by atoms with E-state index in [-0.39, 0.29) is 22.4 Å². The molecule has 0 atom stereocenters. The molecule has 0 bridgehead atoms. The predicted octanol–water partition coefficient (Wildman–Crippen LogP) is 2.77. The van der Waals surface area contributed by atoms with Crippen LogP contribution in [-0.4, -0.2) is 21.2 Å². The van der Waals surface area contributed by atoms with Gasteiger partial charge in [-0.1, -0.05) is 6.07 Å². The Hall–Kier alpha value is -3.42. The molecule has 142 valence electrons. The lowest BCUT2D eigenvalue weighted by Gasteiger charge is -2.07. The van der Waals surface area contributed by atoms with E-state index in [0.29, 0.717) is 23.3 Å². The van der Waals surface area contributed by atoms with Crippen molar-refractivity contribution in [3.8, 4) is 0 Å². The first kappa shape index (κ1) is 18.0. The second-order valence-corrected chi connectivity index (χ2v) is 6.56. The molecule has 1 aromatic heterocycles. The molecule has 4 rings (SSSR count). The quantitative estimate of drug-likeness (QED) is 0.559. The van der Waals surface area contributed by atoms with Gasteiger partial charge in [-0.25, -0.2) is 19.2 Å². The molecule has 1 aliphatic rings. The van der Waals surface area contributed by atoms with Gasteiger partial charge in [0, 0.05) is 18.5 Å². The first-order valence-corrected chi connectivity index (χ1v) is 8.78. The van der Waals surface area contributed by atoms with Gasteiger partial charge in [0.05, 0.1) is 22.2 Å². The van der Waals surface area contributed by atoms with Crippen LogP contribution in [0.25, 0.3) is 10.9 Å². The summed E-state index contributed by atoms with van der Waals surface area (Å²) in [6.07, 6.45) is 1.59. The van der Waals surface area contributed by atoms with Crippen molar-refractivity contribution in [1.29, 1.82) is 0 Å². The third kappa shape index (κ3) is 3.06. The molecular formula is C20H16F2N4O2. The Morgan fingerprint density at radius 2 is 1.96 bits per heavy atom. The molecule has 2 heterocycles. The average molecular weight is 382 g/mol. The first-order chi connectivity index (χ1) is 13.5. The molecule has 1 N–H and O–H groups in total. The van der Waals surface area contributed by atoms with Crippen LogP contribution in [0.2, 0.25) is 0 Å². The van der Waals surface area contributed by atoms with Gasteiger partial charge in [-0.05, 0) is 43.7 Å². The van der Waals surface area contributed by atoms with E-state index >= 15 is 0 Å². The van der Waals surface area contributed by atoms with Crippen LogP contribution in [0.5, 0.6) is 0 Å². The summed E-state index contributed by atoms with van der Waals surface area (Å²) in [4.78, 5) is 29.3. The number of hydrogen-bond donors (Lipinski definition) is 1. The van der Waals surface area contributed by atoms with Crippen LogP contribution in [0.15, 0.2) is 46.3 Å². The maximum Gasteiger partial charge on any atom is 0.271 e. The molecule has 28 heavy (non-hydrogen) atoms. The highest BCUT2D eigenvalue weighted by atomic mass is 19.1. The zero-order valence-electron chi connectivity index (χ0n) is 15.0. The molecule has 1 aliphatic heterocycles. The maximum atomic E-state index is 13.8. The van der Waals surface area contributed by atoms with Crippen LogP contribution >= 0.6 is 0 Å². The number of hydrogen-bond acceptors (Lipinski definition) is 4. The van der Waals surface area contributed by atoms with Crippen molar-refractivity contribution in [2.24, 2.45) is 5.10 Å². The third-order valence-electron chi connectivity index (χ3n) is 4.73. The Labute approximate surface area is 158 Å². The number of carbonyl (C=O) groups excluding carboxylic acids is 1. The number of carbonyl (C=O) groups is 1. The van der Waals surface area contributed by atoms with Crippen LogP contribution < -0.4 is 11.0 Å². The molecule has 3 aromatic rings. The fourth-order valence-corrected chi connectivity index (χ4v) is 3.32. The SMILES string of the molecule is C/C(=N/NC(=O)c1ccc2c(=O)n3c(nc2c1)CCC3)c1c(F)cccc1F. The highest BCUT2D eigenvalue weighted by Crippen LogP contribution is 2.17. The molecule has 1 amide bonds. The zero-order valence-corrected chi connectivity index (χ0v) is 15.0. The van der Waals surface area contributed by atoms with E-state index in [1.165, 1.54) is 25.1 Å². The molecule has 0 fully saturated rings. The minimum Gasteiger partial charge on any atom is -0.296 e. The van der Waals surface area contributed by atoms with E-state index < -0.39 is 17.5 Å². The predicted molar refractivity (Wildman–Crippen MR) is 100 cm³/mol. The van der Waals surface area contributed by atoms with Crippen LogP contribution in [-0.2, 0) is 13.0 Å².